The number of pyridine rings is 1. The van der Waals surface area contributed by atoms with Crippen LogP contribution in [0, 0.1) is 0 Å². The lowest BCUT2D eigenvalue weighted by Gasteiger charge is -2.16. The van der Waals surface area contributed by atoms with E-state index in [1.165, 1.54) is 19.8 Å². The lowest BCUT2D eigenvalue weighted by atomic mass is 10.2. The van der Waals surface area contributed by atoms with Crippen LogP contribution in [-0.2, 0) is 21.2 Å². The van der Waals surface area contributed by atoms with E-state index in [2.05, 4.69) is 15.2 Å². The summed E-state index contributed by atoms with van der Waals surface area (Å²) in [5, 5.41) is 1.59. The Balaban J connectivity index is 1.90. The van der Waals surface area contributed by atoms with Crippen LogP contribution < -0.4 is 10.2 Å². The zero-order valence-corrected chi connectivity index (χ0v) is 13.2. The fraction of sp³-hybridized carbons (Fsp3) is 0.571. The molecule has 0 spiro atoms. The molecule has 1 aliphatic heterocycles. The molecule has 1 saturated heterocycles. The topological polar surface area (TPSA) is 79.4 Å². The average Bonchev–Trinajstić information content (AvgIpc) is 2.97. The van der Waals surface area contributed by atoms with Crippen LogP contribution in [0.3, 0.4) is 0 Å². The minimum Gasteiger partial charge on any atom is -0.357 e. The molecule has 7 heteroatoms. The predicted molar refractivity (Wildman–Crippen MR) is 81.8 cm³/mol. The van der Waals surface area contributed by atoms with Crippen LogP contribution in [0.15, 0.2) is 18.3 Å². The number of anilines is 1. The van der Waals surface area contributed by atoms with Crippen molar-refractivity contribution in [2.75, 3.05) is 24.2 Å². The molecule has 2 rings (SSSR count). The van der Waals surface area contributed by atoms with E-state index in [4.69, 9.17) is 0 Å². The Labute approximate surface area is 125 Å². The van der Waals surface area contributed by atoms with Crippen LogP contribution in [0.4, 0.5) is 5.82 Å². The van der Waals surface area contributed by atoms with Gasteiger partial charge in [-0.2, -0.15) is 0 Å². The molecular weight excluding hydrogens is 290 g/mol. The Morgan fingerprint density at radius 3 is 2.57 bits per heavy atom. The lowest BCUT2D eigenvalue weighted by molar-refractivity contribution is -0.120. The number of rotatable bonds is 5. The molecule has 0 unspecified atom stereocenters. The van der Waals surface area contributed by atoms with Gasteiger partial charge < -0.3 is 10.2 Å². The van der Waals surface area contributed by atoms with Crippen LogP contribution in [0.25, 0.3) is 0 Å². The van der Waals surface area contributed by atoms with E-state index in [0.29, 0.717) is 0 Å². The first kappa shape index (κ1) is 15.8. The molecule has 1 N–H and O–H groups in total. The first-order chi connectivity index (χ1) is 9.88. The number of amides is 1. The van der Waals surface area contributed by atoms with Crippen molar-refractivity contribution >= 4 is 21.6 Å². The second-order valence-electron chi connectivity index (χ2n) is 5.41. The van der Waals surface area contributed by atoms with E-state index < -0.39 is 21.0 Å². The summed E-state index contributed by atoms with van der Waals surface area (Å²) in [7, 11) is -3.36. The minimum absolute atomic E-state index is 0.284. The zero-order valence-electron chi connectivity index (χ0n) is 12.4. The van der Waals surface area contributed by atoms with Gasteiger partial charge in [0, 0.05) is 32.1 Å². The van der Waals surface area contributed by atoms with E-state index in [0.717, 1.165) is 30.7 Å². The monoisotopic (exact) mass is 311 g/mol. The molecule has 0 aromatic carbocycles. The third-order valence-electron chi connectivity index (χ3n) is 3.72. The number of carbonyl (C=O) groups is 1. The van der Waals surface area contributed by atoms with E-state index in [1.807, 2.05) is 12.1 Å². The van der Waals surface area contributed by atoms with Crippen molar-refractivity contribution in [2.45, 2.75) is 31.6 Å². The molecule has 21 heavy (non-hydrogen) atoms. The largest absolute Gasteiger partial charge is 0.357 e. The second-order valence-corrected chi connectivity index (χ2v) is 7.77. The van der Waals surface area contributed by atoms with Crippen LogP contribution in [0.2, 0.25) is 0 Å². The molecule has 6 nitrogen and oxygen atoms in total. The van der Waals surface area contributed by atoms with Crippen molar-refractivity contribution in [3.8, 4) is 0 Å². The molecule has 1 aromatic heterocycles. The van der Waals surface area contributed by atoms with Gasteiger partial charge in [0.2, 0.25) is 5.91 Å². The predicted octanol–water partition coefficient (Wildman–Crippen LogP) is 0.731. The summed E-state index contributed by atoms with van der Waals surface area (Å²) in [5.41, 5.74) is 0.854. The van der Waals surface area contributed by atoms with Gasteiger partial charge in [-0.05, 0) is 31.4 Å². The normalized spacial score (nSPS) is 16.8. The first-order valence-electron chi connectivity index (χ1n) is 7.04. The molecule has 0 saturated carbocycles. The summed E-state index contributed by atoms with van der Waals surface area (Å²) < 4.78 is 22.6. The molecule has 0 aliphatic carbocycles. The number of hydrogen-bond acceptors (Lipinski definition) is 5. The first-order valence-corrected chi connectivity index (χ1v) is 9.00. The van der Waals surface area contributed by atoms with Crippen molar-refractivity contribution in [2.24, 2.45) is 0 Å². The Morgan fingerprint density at radius 2 is 2.05 bits per heavy atom. The molecular formula is C14H21N3O3S. The molecule has 1 atom stereocenters. The van der Waals surface area contributed by atoms with Gasteiger partial charge in [-0.1, -0.05) is 6.07 Å². The number of aromatic nitrogens is 1. The summed E-state index contributed by atoms with van der Waals surface area (Å²) in [6.07, 6.45) is 5.18. The minimum atomic E-state index is -3.36. The van der Waals surface area contributed by atoms with Crippen molar-refractivity contribution in [3.63, 3.8) is 0 Å². The van der Waals surface area contributed by atoms with Crippen molar-refractivity contribution in [1.29, 1.82) is 0 Å². The Hall–Kier alpha value is -1.63. The van der Waals surface area contributed by atoms with Crippen LogP contribution >= 0.6 is 0 Å². The van der Waals surface area contributed by atoms with Gasteiger partial charge in [0.15, 0.2) is 9.84 Å². The van der Waals surface area contributed by atoms with Gasteiger partial charge in [-0.15, -0.1) is 0 Å². The summed E-state index contributed by atoms with van der Waals surface area (Å²) >= 11 is 0. The number of sulfone groups is 1. The van der Waals surface area contributed by atoms with E-state index in [-0.39, 0.29) is 6.54 Å². The van der Waals surface area contributed by atoms with E-state index >= 15 is 0 Å². The summed E-state index contributed by atoms with van der Waals surface area (Å²) in [5.74, 6) is 0.466. The highest BCUT2D eigenvalue weighted by molar-refractivity contribution is 7.92. The molecule has 1 aromatic rings. The lowest BCUT2D eigenvalue weighted by Crippen LogP contribution is -2.37. The van der Waals surface area contributed by atoms with Crippen LogP contribution in [0.5, 0.6) is 0 Å². The van der Waals surface area contributed by atoms with Gasteiger partial charge in [-0.3, -0.25) is 4.79 Å². The maximum absolute atomic E-state index is 11.7. The Bertz CT molecular complexity index is 592. The highest BCUT2D eigenvalue weighted by atomic mass is 32.2. The highest BCUT2D eigenvalue weighted by Gasteiger charge is 2.23. The third-order valence-corrected chi connectivity index (χ3v) is 5.22. The number of nitrogens with zero attached hydrogens (tertiary/aromatic N) is 2. The van der Waals surface area contributed by atoms with Gasteiger partial charge in [0.1, 0.15) is 11.1 Å². The number of nitrogens with one attached hydrogen (secondary N) is 1. The summed E-state index contributed by atoms with van der Waals surface area (Å²) in [6, 6.07) is 3.85. The Kier molecular flexibility index (Phi) is 4.82. The van der Waals surface area contributed by atoms with Gasteiger partial charge in [0.05, 0.1) is 0 Å². The molecule has 1 amide bonds. The maximum atomic E-state index is 11.7. The fourth-order valence-corrected chi connectivity index (χ4v) is 2.65. The standard InChI is InChI=1S/C14H21N3O3S/c1-11(21(2,19)20)14(18)16-10-12-5-6-13(15-9-12)17-7-3-4-8-17/h5-6,9,11H,3-4,7-8,10H2,1-2H3,(H,16,18)/t11-/m1/s1. The molecule has 2 heterocycles. The SMILES string of the molecule is C[C@H](C(=O)NCc1ccc(N2CCCC2)nc1)S(C)(=O)=O. The molecule has 116 valence electrons. The zero-order chi connectivity index (χ0) is 15.5. The highest BCUT2D eigenvalue weighted by Crippen LogP contribution is 2.17. The summed E-state index contributed by atoms with van der Waals surface area (Å²) in [6.45, 7) is 3.75. The smallest absolute Gasteiger partial charge is 0.238 e. The van der Waals surface area contributed by atoms with Crippen molar-refractivity contribution in [1.82, 2.24) is 10.3 Å². The van der Waals surface area contributed by atoms with Gasteiger partial charge in [-0.25, -0.2) is 13.4 Å². The average molecular weight is 311 g/mol. The van der Waals surface area contributed by atoms with Crippen LogP contribution in [-0.4, -0.2) is 43.9 Å². The van der Waals surface area contributed by atoms with Gasteiger partial charge in [0.25, 0.3) is 0 Å². The van der Waals surface area contributed by atoms with Crippen molar-refractivity contribution < 1.29 is 13.2 Å². The van der Waals surface area contributed by atoms with E-state index in [1.54, 1.807) is 6.20 Å². The fourth-order valence-electron chi connectivity index (χ4n) is 2.18. The molecule has 1 aliphatic rings. The maximum Gasteiger partial charge on any atom is 0.238 e. The van der Waals surface area contributed by atoms with Crippen molar-refractivity contribution in [3.05, 3.63) is 23.9 Å². The summed E-state index contributed by atoms with van der Waals surface area (Å²) in [4.78, 5) is 18.3. The van der Waals surface area contributed by atoms with Gasteiger partial charge >= 0.3 is 0 Å². The number of carbonyl (C=O) groups excluding carboxylic acids is 1. The molecule has 1 fully saturated rings. The van der Waals surface area contributed by atoms with Crippen LogP contribution in [0.1, 0.15) is 25.3 Å². The quantitative estimate of drug-likeness (QED) is 0.867. The molecule has 0 radical (unpaired) electrons. The van der Waals surface area contributed by atoms with E-state index in [9.17, 15) is 13.2 Å². The second kappa shape index (κ2) is 6.43. The third kappa shape index (κ3) is 4.17. The molecule has 0 bridgehead atoms. The Morgan fingerprint density at radius 1 is 1.38 bits per heavy atom. The number of hydrogen-bond donors (Lipinski definition) is 1.